The molecule has 0 spiro atoms. The Bertz CT molecular complexity index is 677. The maximum absolute atomic E-state index is 12.0. The molecule has 1 fully saturated rings. The van der Waals surface area contributed by atoms with Crippen LogP contribution in [0.3, 0.4) is 0 Å². The van der Waals surface area contributed by atoms with E-state index in [1.54, 1.807) is 6.07 Å². The van der Waals surface area contributed by atoms with E-state index in [0.717, 1.165) is 31.2 Å². The zero-order valence-corrected chi connectivity index (χ0v) is 13.9. The van der Waals surface area contributed by atoms with Crippen LogP contribution in [0, 0.1) is 0 Å². The number of aromatic nitrogens is 2. The molecule has 24 heavy (non-hydrogen) atoms. The molecule has 1 heterocycles. The number of carbonyl (C=O) groups excluding carboxylic acids is 1. The largest absolute Gasteiger partial charge is 0.388 e. The normalized spacial score (nSPS) is 17.4. The number of benzene rings is 1. The van der Waals surface area contributed by atoms with Crippen LogP contribution in [0.5, 0.6) is 0 Å². The molecule has 128 valence electrons. The number of anilines is 1. The monoisotopic (exact) mass is 328 g/mol. The van der Waals surface area contributed by atoms with E-state index in [9.17, 15) is 9.90 Å². The molecule has 3 rings (SSSR count). The van der Waals surface area contributed by atoms with Crippen LogP contribution in [0.1, 0.15) is 44.2 Å². The molecule has 6 nitrogen and oxygen atoms in total. The Balaban J connectivity index is 1.54. The van der Waals surface area contributed by atoms with Gasteiger partial charge in [0.15, 0.2) is 5.82 Å². The molecule has 0 bridgehead atoms. The van der Waals surface area contributed by atoms with Gasteiger partial charge < -0.3 is 10.4 Å². The molecule has 2 aromatic rings. The minimum Gasteiger partial charge on any atom is -0.388 e. The number of aliphatic hydroxyl groups is 1. The van der Waals surface area contributed by atoms with Gasteiger partial charge in [0.25, 0.3) is 0 Å². The quantitative estimate of drug-likeness (QED) is 0.789. The summed E-state index contributed by atoms with van der Waals surface area (Å²) < 4.78 is 1.81. The second kappa shape index (κ2) is 7.05. The molecule has 0 radical (unpaired) electrons. The van der Waals surface area contributed by atoms with E-state index in [1.165, 1.54) is 0 Å². The van der Waals surface area contributed by atoms with Crippen LogP contribution in [0.15, 0.2) is 42.6 Å². The van der Waals surface area contributed by atoms with Crippen molar-refractivity contribution in [1.82, 2.24) is 15.1 Å². The molecule has 6 heteroatoms. The fraction of sp³-hybridized carbons (Fsp3) is 0.444. The molecule has 1 aromatic heterocycles. The van der Waals surface area contributed by atoms with Crippen molar-refractivity contribution in [2.75, 3.05) is 11.9 Å². The number of nitrogens with one attached hydrogen (secondary N) is 2. The van der Waals surface area contributed by atoms with Crippen molar-refractivity contribution >= 4 is 11.8 Å². The van der Waals surface area contributed by atoms with E-state index in [-0.39, 0.29) is 18.6 Å². The topological polar surface area (TPSA) is 79.2 Å². The summed E-state index contributed by atoms with van der Waals surface area (Å²) >= 11 is 0. The molecule has 1 aromatic carbocycles. The lowest BCUT2D eigenvalue weighted by atomic mass is 10.0. The first-order valence-corrected chi connectivity index (χ1v) is 8.43. The Hall–Kier alpha value is -2.34. The van der Waals surface area contributed by atoms with E-state index >= 15 is 0 Å². The van der Waals surface area contributed by atoms with Crippen LogP contribution in [0.4, 0.5) is 10.6 Å². The van der Waals surface area contributed by atoms with Crippen LogP contribution in [-0.2, 0) is 0 Å². The molecule has 0 saturated heterocycles. The maximum atomic E-state index is 12.0. The third-order valence-electron chi connectivity index (χ3n) is 4.64. The Labute approximate surface area is 141 Å². The molecule has 0 aliphatic heterocycles. The number of hydrogen-bond donors (Lipinski definition) is 3. The Morgan fingerprint density at radius 3 is 2.71 bits per heavy atom. The van der Waals surface area contributed by atoms with Gasteiger partial charge in [-0.1, -0.05) is 43.2 Å². The zero-order valence-electron chi connectivity index (χ0n) is 13.9. The van der Waals surface area contributed by atoms with E-state index in [1.807, 2.05) is 29.1 Å². The molecular formula is C18H24N4O2. The predicted octanol–water partition coefficient (Wildman–Crippen LogP) is 2.92. The second-order valence-electron chi connectivity index (χ2n) is 6.51. The fourth-order valence-electron chi connectivity index (χ4n) is 3.12. The summed E-state index contributed by atoms with van der Waals surface area (Å²) in [6.45, 7) is 2.34. The van der Waals surface area contributed by atoms with Gasteiger partial charge in [-0.15, -0.1) is 0 Å². The summed E-state index contributed by atoms with van der Waals surface area (Å²) in [5, 5.41) is 20.1. The van der Waals surface area contributed by atoms with Crippen LogP contribution >= 0.6 is 0 Å². The van der Waals surface area contributed by atoms with Crippen molar-refractivity contribution < 1.29 is 9.90 Å². The van der Waals surface area contributed by atoms with Gasteiger partial charge >= 0.3 is 6.03 Å². The SMILES string of the molecule is CC(c1ccccc1)n1ccc(NC(=O)NCC2(O)CCCC2)n1. The Kier molecular flexibility index (Phi) is 4.85. The summed E-state index contributed by atoms with van der Waals surface area (Å²) in [6.07, 6.45) is 5.37. The molecule has 2 amide bonds. The van der Waals surface area contributed by atoms with Crippen molar-refractivity contribution in [3.8, 4) is 0 Å². The van der Waals surface area contributed by atoms with Crippen molar-refractivity contribution in [3.63, 3.8) is 0 Å². The van der Waals surface area contributed by atoms with E-state index in [4.69, 9.17) is 0 Å². The maximum Gasteiger partial charge on any atom is 0.320 e. The first kappa shape index (κ1) is 16.5. The van der Waals surface area contributed by atoms with Gasteiger partial charge in [0.2, 0.25) is 0 Å². The van der Waals surface area contributed by atoms with Crippen LogP contribution in [0.25, 0.3) is 0 Å². The molecular weight excluding hydrogens is 304 g/mol. The number of urea groups is 1. The number of hydrogen-bond acceptors (Lipinski definition) is 3. The van der Waals surface area contributed by atoms with Gasteiger partial charge in [-0.25, -0.2) is 4.79 Å². The molecule has 1 atom stereocenters. The van der Waals surface area contributed by atoms with Gasteiger partial charge in [-0.2, -0.15) is 5.10 Å². The van der Waals surface area contributed by atoms with Gasteiger partial charge in [0.05, 0.1) is 11.6 Å². The highest BCUT2D eigenvalue weighted by atomic mass is 16.3. The first-order chi connectivity index (χ1) is 11.6. The average molecular weight is 328 g/mol. The summed E-state index contributed by atoms with van der Waals surface area (Å²) in [5.41, 5.74) is 0.401. The van der Waals surface area contributed by atoms with E-state index < -0.39 is 5.60 Å². The first-order valence-electron chi connectivity index (χ1n) is 8.43. The third kappa shape index (κ3) is 3.94. The minimum atomic E-state index is -0.751. The standard InChI is InChI=1S/C18H24N4O2/c1-14(15-7-3-2-4-8-15)22-12-9-16(21-22)20-17(23)19-13-18(24)10-5-6-11-18/h2-4,7-9,12,14,24H,5-6,10-11,13H2,1H3,(H2,19,20,21,23). The zero-order chi connectivity index (χ0) is 17.0. The lowest BCUT2D eigenvalue weighted by Gasteiger charge is -2.22. The van der Waals surface area contributed by atoms with Gasteiger partial charge in [0, 0.05) is 18.8 Å². The minimum absolute atomic E-state index is 0.0870. The lowest BCUT2D eigenvalue weighted by Crippen LogP contribution is -2.42. The summed E-state index contributed by atoms with van der Waals surface area (Å²) in [4.78, 5) is 12.0. The van der Waals surface area contributed by atoms with E-state index in [0.29, 0.717) is 5.82 Å². The fourth-order valence-corrected chi connectivity index (χ4v) is 3.12. The number of rotatable bonds is 5. The number of nitrogens with zero attached hydrogens (tertiary/aromatic N) is 2. The molecule has 1 unspecified atom stereocenters. The van der Waals surface area contributed by atoms with Gasteiger partial charge in [-0.3, -0.25) is 10.00 Å². The lowest BCUT2D eigenvalue weighted by molar-refractivity contribution is 0.0506. The summed E-state index contributed by atoms with van der Waals surface area (Å²) in [6, 6.07) is 11.6. The highest BCUT2D eigenvalue weighted by molar-refractivity contribution is 5.88. The predicted molar refractivity (Wildman–Crippen MR) is 92.9 cm³/mol. The molecule has 1 aliphatic carbocycles. The number of carbonyl (C=O) groups is 1. The van der Waals surface area contributed by atoms with Crippen molar-refractivity contribution in [2.24, 2.45) is 0 Å². The molecule has 1 saturated carbocycles. The van der Waals surface area contributed by atoms with Crippen molar-refractivity contribution in [1.29, 1.82) is 0 Å². The molecule has 1 aliphatic rings. The summed E-state index contributed by atoms with van der Waals surface area (Å²) in [7, 11) is 0. The Morgan fingerprint density at radius 2 is 2.00 bits per heavy atom. The highest BCUT2D eigenvalue weighted by Gasteiger charge is 2.31. The van der Waals surface area contributed by atoms with Crippen LogP contribution in [0.2, 0.25) is 0 Å². The van der Waals surface area contributed by atoms with Crippen LogP contribution < -0.4 is 10.6 Å². The smallest absolute Gasteiger partial charge is 0.320 e. The molecule has 3 N–H and O–H groups in total. The van der Waals surface area contributed by atoms with Gasteiger partial charge in [0.1, 0.15) is 0 Å². The number of amides is 2. The summed E-state index contributed by atoms with van der Waals surface area (Å²) in [5.74, 6) is 0.494. The average Bonchev–Trinajstić information content (AvgIpc) is 3.23. The van der Waals surface area contributed by atoms with Crippen molar-refractivity contribution in [2.45, 2.75) is 44.2 Å². The van der Waals surface area contributed by atoms with Crippen LogP contribution in [-0.4, -0.2) is 33.1 Å². The van der Waals surface area contributed by atoms with Crippen molar-refractivity contribution in [3.05, 3.63) is 48.2 Å². The third-order valence-corrected chi connectivity index (χ3v) is 4.64. The highest BCUT2D eigenvalue weighted by Crippen LogP contribution is 2.28. The Morgan fingerprint density at radius 1 is 1.29 bits per heavy atom. The van der Waals surface area contributed by atoms with E-state index in [2.05, 4.69) is 34.8 Å². The second-order valence-corrected chi connectivity index (χ2v) is 6.51. The van der Waals surface area contributed by atoms with Gasteiger partial charge in [-0.05, 0) is 25.3 Å².